The molecule has 2 aromatic carbocycles. The predicted molar refractivity (Wildman–Crippen MR) is 155 cm³/mol. The number of pyridine rings is 1. The average Bonchev–Trinajstić information content (AvgIpc) is 3.39. The maximum absolute atomic E-state index is 13.5. The van der Waals surface area contributed by atoms with Gasteiger partial charge in [-0.3, -0.25) is 4.79 Å². The van der Waals surface area contributed by atoms with E-state index in [1.807, 2.05) is 48.5 Å². The van der Waals surface area contributed by atoms with Crippen LogP contribution in [-0.2, 0) is 11.5 Å². The third-order valence-electron chi connectivity index (χ3n) is 6.39. The molecule has 39 heavy (non-hydrogen) atoms. The zero-order chi connectivity index (χ0) is 27.6. The van der Waals surface area contributed by atoms with E-state index in [9.17, 15) is 4.79 Å². The van der Waals surface area contributed by atoms with Gasteiger partial charge < -0.3 is 15.2 Å². The Hall–Kier alpha value is -4.35. The number of para-hydroxylation sites is 1. The van der Waals surface area contributed by atoms with E-state index in [-0.39, 0.29) is 18.2 Å². The quantitative estimate of drug-likeness (QED) is 0.212. The molecule has 5 aromatic rings. The van der Waals surface area contributed by atoms with Crippen molar-refractivity contribution in [2.24, 2.45) is 0 Å². The van der Waals surface area contributed by atoms with Crippen molar-refractivity contribution in [3.63, 3.8) is 0 Å². The predicted octanol–water partition coefficient (Wildman–Crippen LogP) is 4.61. The van der Waals surface area contributed by atoms with Crippen molar-refractivity contribution in [3.05, 3.63) is 77.3 Å². The van der Waals surface area contributed by atoms with Gasteiger partial charge in [0.1, 0.15) is 6.73 Å². The van der Waals surface area contributed by atoms with E-state index < -0.39 is 8.07 Å². The zero-order valence-electron chi connectivity index (χ0n) is 22.5. The Kier molecular flexibility index (Phi) is 7.27. The molecule has 200 valence electrons. The Bertz CT molecular complexity index is 1680. The molecule has 0 amide bonds. The molecule has 5 rings (SSSR count). The maximum atomic E-state index is 13.5. The average molecular weight is 542 g/mol. The maximum Gasteiger partial charge on any atom is 0.267 e. The van der Waals surface area contributed by atoms with Crippen LogP contribution in [0.25, 0.3) is 39.0 Å². The fourth-order valence-corrected chi connectivity index (χ4v) is 5.01. The SMILES string of the molecule is COc1ncc(-c2ccc3nc(N)n(-c4ccccc4)c(=O)c3c2)cc1-c1cnnn1COCC[Si](C)(C)C. The highest BCUT2D eigenvalue weighted by Gasteiger charge is 2.18. The summed E-state index contributed by atoms with van der Waals surface area (Å²) in [7, 11) is 0.370. The smallest absolute Gasteiger partial charge is 0.267 e. The van der Waals surface area contributed by atoms with E-state index in [1.165, 1.54) is 4.57 Å². The van der Waals surface area contributed by atoms with Gasteiger partial charge in [-0.2, -0.15) is 0 Å². The standard InChI is InChI=1S/C28H31N7O3Si/c1-37-26-23(25-17-31-33-34(25)18-38-12-13-39(2,3)4)15-20(16-30-26)19-10-11-24-22(14-19)27(36)35(28(29)32-24)21-8-6-5-7-9-21/h5-11,14-17H,12-13,18H2,1-4H3,(H2,29,32). The Morgan fingerprint density at radius 3 is 2.54 bits per heavy atom. The summed E-state index contributed by atoms with van der Waals surface area (Å²) in [4.78, 5) is 22.5. The first-order valence-corrected chi connectivity index (χ1v) is 16.3. The minimum atomic E-state index is -1.20. The van der Waals surface area contributed by atoms with Crippen LogP contribution in [0.1, 0.15) is 0 Å². The lowest BCUT2D eigenvalue weighted by Crippen LogP contribution is -2.23. The normalized spacial score (nSPS) is 11.7. The van der Waals surface area contributed by atoms with Crippen LogP contribution in [0.5, 0.6) is 5.88 Å². The first-order valence-electron chi connectivity index (χ1n) is 12.6. The Labute approximate surface area is 227 Å². The van der Waals surface area contributed by atoms with Crippen LogP contribution < -0.4 is 16.0 Å². The number of nitrogen functional groups attached to an aromatic ring is 1. The van der Waals surface area contributed by atoms with Crippen molar-refractivity contribution in [3.8, 4) is 34.0 Å². The Balaban J connectivity index is 1.52. The summed E-state index contributed by atoms with van der Waals surface area (Å²) in [5.41, 5.74) is 10.1. The summed E-state index contributed by atoms with van der Waals surface area (Å²) >= 11 is 0. The van der Waals surface area contributed by atoms with Crippen molar-refractivity contribution < 1.29 is 9.47 Å². The number of ether oxygens (including phenoxy) is 2. The second-order valence-electron chi connectivity index (χ2n) is 10.4. The largest absolute Gasteiger partial charge is 0.481 e. The summed E-state index contributed by atoms with van der Waals surface area (Å²) in [6.45, 7) is 7.88. The van der Waals surface area contributed by atoms with Crippen LogP contribution in [0.15, 0.2) is 71.8 Å². The second kappa shape index (κ2) is 10.8. The first kappa shape index (κ1) is 26.3. The van der Waals surface area contributed by atoms with Crippen molar-refractivity contribution in [2.75, 3.05) is 19.5 Å². The Morgan fingerprint density at radius 1 is 1.00 bits per heavy atom. The number of aromatic nitrogens is 6. The van der Waals surface area contributed by atoms with Gasteiger partial charge in [0.25, 0.3) is 5.56 Å². The molecule has 0 radical (unpaired) electrons. The van der Waals surface area contributed by atoms with Gasteiger partial charge in [0.05, 0.1) is 41.2 Å². The van der Waals surface area contributed by atoms with Crippen LogP contribution in [0, 0.1) is 0 Å². The summed E-state index contributed by atoms with van der Waals surface area (Å²) in [6, 6.07) is 17.7. The molecule has 2 N–H and O–H groups in total. The molecule has 0 fully saturated rings. The monoisotopic (exact) mass is 541 g/mol. The fraction of sp³-hybridized carbons (Fsp3) is 0.250. The molecule has 3 heterocycles. The van der Waals surface area contributed by atoms with E-state index in [1.54, 1.807) is 30.3 Å². The van der Waals surface area contributed by atoms with Crippen molar-refractivity contribution >= 4 is 24.9 Å². The first-order chi connectivity index (χ1) is 18.7. The van der Waals surface area contributed by atoms with Gasteiger partial charge in [0, 0.05) is 26.4 Å². The topological polar surface area (TPSA) is 123 Å². The molecule has 0 spiro atoms. The number of rotatable bonds is 9. The van der Waals surface area contributed by atoms with Crippen molar-refractivity contribution in [1.82, 2.24) is 29.5 Å². The lowest BCUT2D eigenvalue weighted by atomic mass is 10.0. The van der Waals surface area contributed by atoms with E-state index >= 15 is 0 Å². The molecule has 0 aliphatic carbocycles. The van der Waals surface area contributed by atoms with Crippen LogP contribution in [0.2, 0.25) is 25.7 Å². The number of nitrogens with two attached hydrogens (primary N) is 1. The van der Waals surface area contributed by atoms with E-state index in [2.05, 4.69) is 39.9 Å². The summed E-state index contributed by atoms with van der Waals surface area (Å²) in [5.74, 6) is 0.568. The molecule has 0 bridgehead atoms. The molecule has 0 atom stereocenters. The van der Waals surface area contributed by atoms with Crippen LogP contribution in [0.3, 0.4) is 0 Å². The molecule has 0 unspecified atom stereocenters. The van der Waals surface area contributed by atoms with Gasteiger partial charge in [-0.15, -0.1) is 5.10 Å². The minimum Gasteiger partial charge on any atom is -0.481 e. The molecule has 0 aliphatic heterocycles. The van der Waals surface area contributed by atoms with E-state index in [0.29, 0.717) is 34.6 Å². The van der Waals surface area contributed by atoms with Gasteiger partial charge in [0.2, 0.25) is 11.8 Å². The number of hydrogen-bond acceptors (Lipinski definition) is 8. The third-order valence-corrected chi connectivity index (χ3v) is 8.09. The molecule has 11 heteroatoms. The second-order valence-corrected chi connectivity index (χ2v) is 16.0. The lowest BCUT2D eigenvalue weighted by Gasteiger charge is -2.16. The highest BCUT2D eigenvalue weighted by atomic mass is 28.3. The van der Waals surface area contributed by atoms with Gasteiger partial charge in [0.15, 0.2) is 0 Å². The highest BCUT2D eigenvalue weighted by molar-refractivity contribution is 6.76. The summed E-state index contributed by atoms with van der Waals surface area (Å²) in [5, 5.41) is 8.76. The van der Waals surface area contributed by atoms with Gasteiger partial charge in [-0.1, -0.05) is 49.1 Å². The molecular formula is C28H31N7O3Si. The summed E-state index contributed by atoms with van der Waals surface area (Å²) in [6.07, 6.45) is 3.37. The van der Waals surface area contributed by atoms with Crippen molar-refractivity contribution in [2.45, 2.75) is 32.4 Å². The number of benzene rings is 2. The minimum absolute atomic E-state index is 0.132. The number of fused-ring (bicyclic) bond motifs is 1. The van der Waals surface area contributed by atoms with Crippen LogP contribution >= 0.6 is 0 Å². The van der Waals surface area contributed by atoms with Gasteiger partial charge in [-0.05, 0) is 41.9 Å². The molecule has 0 saturated heterocycles. The summed E-state index contributed by atoms with van der Waals surface area (Å²) < 4.78 is 14.6. The van der Waals surface area contributed by atoms with Gasteiger partial charge in [-0.25, -0.2) is 19.2 Å². The zero-order valence-corrected chi connectivity index (χ0v) is 23.5. The molecule has 3 aromatic heterocycles. The van der Waals surface area contributed by atoms with Gasteiger partial charge >= 0.3 is 0 Å². The van der Waals surface area contributed by atoms with Crippen LogP contribution in [0.4, 0.5) is 5.95 Å². The number of nitrogens with zero attached hydrogens (tertiary/aromatic N) is 6. The Morgan fingerprint density at radius 2 is 1.79 bits per heavy atom. The number of hydrogen-bond donors (Lipinski definition) is 1. The van der Waals surface area contributed by atoms with E-state index in [0.717, 1.165) is 22.9 Å². The third kappa shape index (κ3) is 5.59. The lowest BCUT2D eigenvalue weighted by molar-refractivity contribution is 0.0784. The van der Waals surface area contributed by atoms with Crippen molar-refractivity contribution in [1.29, 1.82) is 0 Å². The number of anilines is 1. The number of methoxy groups -OCH3 is 1. The molecule has 0 saturated carbocycles. The van der Waals surface area contributed by atoms with Crippen LogP contribution in [-0.4, -0.2) is 51.3 Å². The molecule has 10 nitrogen and oxygen atoms in total. The fourth-order valence-electron chi connectivity index (χ4n) is 4.26. The van der Waals surface area contributed by atoms with E-state index in [4.69, 9.17) is 15.2 Å². The highest BCUT2D eigenvalue weighted by Crippen LogP contribution is 2.33. The molecule has 0 aliphatic rings. The molecular weight excluding hydrogens is 510 g/mol.